The lowest BCUT2D eigenvalue weighted by Gasteiger charge is -2.44. The SMILES string of the molecule is CCC[C@@H]1C[C@@H](C(=O)N[C@@H]([C@H]2O[C@H](SC)[C@H](O)[C@H](O)[C@H]2O)[C@@H](C)O)N(C)C1. The number of hydrogen-bond donors (Lipinski definition) is 5. The molecular formula is C18H34N2O6S. The van der Waals surface area contributed by atoms with Crippen LogP contribution in [0.5, 0.6) is 0 Å². The largest absolute Gasteiger partial charge is 0.391 e. The van der Waals surface area contributed by atoms with Crippen molar-refractivity contribution >= 4 is 17.7 Å². The van der Waals surface area contributed by atoms with Crippen LogP contribution in [0, 0.1) is 5.92 Å². The Hall–Kier alpha value is -0.420. The van der Waals surface area contributed by atoms with Gasteiger partial charge in [-0.15, -0.1) is 11.8 Å². The van der Waals surface area contributed by atoms with E-state index >= 15 is 0 Å². The number of aliphatic hydroxyl groups excluding tert-OH is 4. The summed E-state index contributed by atoms with van der Waals surface area (Å²) in [5.41, 5.74) is -0.755. The van der Waals surface area contributed by atoms with Gasteiger partial charge in [0.2, 0.25) is 5.91 Å². The Balaban J connectivity index is 2.09. The third-order valence-corrected chi connectivity index (χ3v) is 6.51. The van der Waals surface area contributed by atoms with Crippen molar-refractivity contribution in [2.45, 2.75) is 81.1 Å². The number of likely N-dealkylation sites (N-methyl/N-ethyl adjacent to an activating group) is 1. The number of amides is 1. The third-order valence-electron chi connectivity index (χ3n) is 5.66. The molecule has 158 valence electrons. The van der Waals surface area contributed by atoms with Gasteiger partial charge >= 0.3 is 0 Å². The summed E-state index contributed by atoms with van der Waals surface area (Å²) in [5, 5.41) is 43.5. The second kappa shape index (κ2) is 9.87. The van der Waals surface area contributed by atoms with Crippen molar-refractivity contribution < 1.29 is 30.0 Å². The molecule has 2 aliphatic heterocycles. The molecule has 0 radical (unpaired) electrons. The number of thioether (sulfide) groups is 1. The first-order chi connectivity index (χ1) is 12.7. The van der Waals surface area contributed by atoms with Crippen LogP contribution >= 0.6 is 11.8 Å². The molecule has 0 unspecified atom stereocenters. The van der Waals surface area contributed by atoms with Crippen LogP contribution in [0.25, 0.3) is 0 Å². The second-order valence-corrected chi connectivity index (χ2v) is 8.73. The molecular weight excluding hydrogens is 372 g/mol. The zero-order valence-electron chi connectivity index (χ0n) is 16.5. The Bertz CT molecular complexity index is 494. The summed E-state index contributed by atoms with van der Waals surface area (Å²) >= 11 is 1.20. The Morgan fingerprint density at radius 2 is 1.96 bits per heavy atom. The maximum atomic E-state index is 12.8. The Morgan fingerprint density at radius 1 is 1.30 bits per heavy atom. The van der Waals surface area contributed by atoms with Crippen LogP contribution < -0.4 is 5.32 Å². The maximum Gasteiger partial charge on any atom is 0.237 e. The zero-order chi connectivity index (χ0) is 20.3. The minimum atomic E-state index is -1.42. The fourth-order valence-corrected chi connectivity index (χ4v) is 4.81. The lowest BCUT2D eigenvalue weighted by molar-refractivity contribution is -0.211. The van der Waals surface area contributed by atoms with Gasteiger partial charge < -0.3 is 30.5 Å². The predicted molar refractivity (Wildman–Crippen MR) is 103 cm³/mol. The summed E-state index contributed by atoms with van der Waals surface area (Å²) in [6.45, 7) is 4.48. The molecule has 27 heavy (non-hydrogen) atoms. The molecule has 9 atom stereocenters. The highest BCUT2D eigenvalue weighted by atomic mass is 32.2. The van der Waals surface area contributed by atoms with E-state index in [1.807, 2.05) is 11.9 Å². The molecule has 8 nitrogen and oxygen atoms in total. The lowest BCUT2D eigenvalue weighted by Crippen LogP contribution is -2.65. The van der Waals surface area contributed by atoms with E-state index in [9.17, 15) is 25.2 Å². The molecule has 2 saturated heterocycles. The first kappa shape index (κ1) is 22.9. The minimum Gasteiger partial charge on any atom is -0.391 e. The van der Waals surface area contributed by atoms with Crippen LogP contribution in [0.4, 0.5) is 0 Å². The molecule has 0 bridgehead atoms. The molecule has 2 rings (SSSR count). The van der Waals surface area contributed by atoms with E-state index in [4.69, 9.17) is 4.74 Å². The fraction of sp³-hybridized carbons (Fsp3) is 0.944. The standard InChI is InChI=1S/C18H34N2O6S/c1-5-6-10-7-11(20(3)8-10)17(25)19-12(9(2)21)16-14(23)13(22)15(24)18(26-16)27-4/h9-16,18,21-24H,5-8H2,1-4H3,(H,19,25)/t9-,10-,11+,12-,13-,14-,15-,16-,18-/m1/s1. The summed E-state index contributed by atoms with van der Waals surface area (Å²) in [7, 11) is 1.91. The number of nitrogens with zero attached hydrogens (tertiary/aromatic N) is 1. The molecule has 0 saturated carbocycles. The second-order valence-electron chi connectivity index (χ2n) is 7.80. The van der Waals surface area contributed by atoms with E-state index in [1.54, 1.807) is 6.26 Å². The molecule has 5 N–H and O–H groups in total. The van der Waals surface area contributed by atoms with Crippen LogP contribution in [0.15, 0.2) is 0 Å². The van der Waals surface area contributed by atoms with E-state index < -0.39 is 42.0 Å². The van der Waals surface area contributed by atoms with E-state index in [0.29, 0.717) is 5.92 Å². The maximum absolute atomic E-state index is 12.8. The van der Waals surface area contributed by atoms with Gasteiger partial charge in [-0.25, -0.2) is 0 Å². The number of ether oxygens (including phenoxy) is 1. The highest BCUT2D eigenvalue weighted by Gasteiger charge is 2.48. The van der Waals surface area contributed by atoms with Crippen molar-refractivity contribution in [3.8, 4) is 0 Å². The van der Waals surface area contributed by atoms with Crippen LogP contribution in [-0.4, -0.2) is 99.1 Å². The monoisotopic (exact) mass is 406 g/mol. The number of rotatable bonds is 7. The molecule has 0 aromatic heterocycles. The summed E-state index contributed by atoms with van der Waals surface area (Å²) in [4.78, 5) is 14.9. The molecule has 1 amide bonds. The molecule has 2 heterocycles. The van der Waals surface area contributed by atoms with Gasteiger partial charge in [-0.3, -0.25) is 9.69 Å². The molecule has 0 aliphatic carbocycles. The number of nitrogens with one attached hydrogen (secondary N) is 1. The average Bonchev–Trinajstić information content (AvgIpc) is 2.99. The van der Waals surface area contributed by atoms with Gasteiger partial charge in [0.1, 0.15) is 29.9 Å². The van der Waals surface area contributed by atoms with Crippen molar-refractivity contribution in [1.29, 1.82) is 0 Å². The summed E-state index contributed by atoms with van der Waals surface area (Å²) in [6, 6.07) is -1.20. The molecule has 2 fully saturated rings. The van der Waals surface area contributed by atoms with E-state index in [2.05, 4.69) is 12.2 Å². The summed E-state index contributed by atoms with van der Waals surface area (Å²) < 4.78 is 5.72. The quantitative estimate of drug-likeness (QED) is 0.370. The zero-order valence-corrected chi connectivity index (χ0v) is 17.3. The number of hydrogen-bond acceptors (Lipinski definition) is 8. The third kappa shape index (κ3) is 5.14. The fourth-order valence-electron chi connectivity index (χ4n) is 4.13. The van der Waals surface area contributed by atoms with Gasteiger partial charge in [-0.2, -0.15) is 0 Å². The minimum absolute atomic E-state index is 0.223. The highest BCUT2D eigenvalue weighted by Crippen LogP contribution is 2.30. The molecule has 0 aromatic carbocycles. The number of carbonyl (C=O) groups is 1. The van der Waals surface area contributed by atoms with Gasteiger partial charge in [-0.1, -0.05) is 13.3 Å². The Morgan fingerprint density at radius 3 is 2.52 bits per heavy atom. The van der Waals surface area contributed by atoms with Crippen LogP contribution in [0.3, 0.4) is 0 Å². The Kier molecular flexibility index (Phi) is 8.35. The van der Waals surface area contributed by atoms with Crippen molar-refractivity contribution in [2.75, 3.05) is 19.8 Å². The topological polar surface area (TPSA) is 122 Å². The number of likely N-dealkylation sites (tertiary alicyclic amines) is 1. The van der Waals surface area contributed by atoms with Crippen molar-refractivity contribution in [3.63, 3.8) is 0 Å². The lowest BCUT2D eigenvalue weighted by atomic mass is 9.92. The summed E-state index contributed by atoms with van der Waals surface area (Å²) in [6.07, 6.45) is -1.50. The Labute approximate surface area is 165 Å². The van der Waals surface area contributed by atoms with E-state index in [1.165, 1.54) is 18.7 Å². The smallest absolute Gasteiger partial charge is 0.237 e. The number of carbonyl (C=O) groups excluding carboxylic acids is 1. The molecule has 0 aromatic rings. The summed E-state index contributed by atoms with van der Waals surface area (Å²) in [5.74, 6) is 0.245. The van der Waals surface area contributed by atoms with Crippen LogP contribution in [0.1, 0.15) is 33.1 Å². The van der Waals surface area contributed by atoms with Gasteiger partial charge in [0, 0.05) is 6.54 Å². The van der Waals surface area contributed by atoms with Gasteiger partial charge in [0.15, 0.2) is 0 Å². The van der Waals surface area contributed by atoms with Gasteiger partial charge in [0.05, 0.1) is 18.2 Å². The van der Waals surface area contributed by atoms with Crippen molar-refractivity contribution in [1.82, 2.24) is 10.2 Å². The molecule has 2 aliphatic rings. The molecule has 9 heteroatoms. The molecule has 0 spiro atoms. The van der Waals surface area contributed by atoms with Crippen molar-refractivity contribution in [3.05, 3.63) is 0 Å². The van der Waals surface area contributed by atoms with Gasteiger partial charge in [-0.05, 0) is 39.0 Å². The highest BCUT2D eigenvalue weighted by molar-refractivity contribution is 7.99. The van der Waals surface area contributed by atoms with E-state index in [-0.39, 0.29) is 11.9 Å². The normalized spacial score (nSPS) is 39.9. The van der Waals surface area contributed by atoms with E-state index in [0.717, 1.165) is 25.8 Å². The van der Waals surface area contributed by atoms with Crippen LogP contribution in [0.2, 0.25) is 0 Å². The van der Waals surface area contributed by atoms with Gasteiger partial charge in [0.25, 0.3) is 0 Å². The first-order valence-corrected chi connectivity index (χ1v) is 10.9. The predicted octanol–water partition coefficient (Wildman–Crippen LogP) is -0.857. The van der Waals surface area contributed by atoms with Crippen molar-refractivity contribution in [2.24, 2.45) is 5.92 Å². The van der Waals surface area contributed by atoms with Crippen LogP contribution in [-0.2, 0) is 9.53 Å². The average molecular weight is 407 g/mol. The first-order valence-electron chi connectivity index (χ1n) is 9.62. The number of aliphatic hydroxyl groups is 4.